The highest BCUT2D eigenvalue weighted by Gasteiger charge is 2.63. The van der Waals surface area contributed by atoms with Crippen molar-refractivity contribution in [2.45, 2.75) is 12.1 Å². The van der Waals surface area contributed by atoms with Crippen LogP contribution in [-0.2, 0) is 4.79 Å². The van der Waals surface area contributed by atoms with Crippen LogP contribution in [0.1, 0.15) is 5.56 Å². The summed E-state index contributed by atoms with van der Waals surface area (Å²) >= 11 is 2.98. The number of amides is 1. The molecule has 0 spiro atoms. The molecule has 0 fully saturated rings. The van der Waals surface area contributed by atoms with Crippen LogP contribution in [0.25, 0.3) is 0 Å². The van der Waals surface area contributed by atoms with Gasteiger partial charge in [-0.25, -0.2) is 0 Å². The van der Waals surface area contributed by atoms with Gasteiger partial charge in [-0.2, -0.15) is 27.2 Å². The Balaban J connectivity index is 3.05. The summed E-state index contributed by atoms with van der Waals surface area (Å²) in [6, 6.07) is 5.04. The summed E-state index contributed by atoms with van der Waals surface area (Å²) in [7, 11) is 0. The largest absolute Gasteiger partial charge is 0.463 e. The molecule has 0 aliphatic rings. The van der Waals surface area contributed by atoms with Crippen molar-refractivity contribution in [2.24, 2.45) is 0 Å². The number of hydrogen-bond acceptors (Lipinski definition) is 2. The number of hydrogen-bond donors (Lipinski definition) is 1. The summed E-state index contributed by atoms with van der Waals surface area (Å²) in [6.07, 6.45) is -6.00. The van der Waals surface area contributed by atoms with Crippen molar-refractivity contribution in [3.63, 3.8) is 0 Å². The number of benzene rings is 1. The molecule has 1 rings (SSSR count). The van der Waals surface area contributed by atoms with Crippen molar-refractivity contribution >= 4 is 27.5 Å². The fourth-order valence-corrected chi connectivity index (χ4v) is 1.41. The molecule has 0 atom stereocenters. The second-order valence-corrected chi connectivity index (χ2v) is 4.24. The first-order valence-corrected chi connectivity index (χ1v) is 5.34. The van der Waals surface area contributed by atoms with Crippen molar-refractivity contribution in [3.8, 4) is 6.07 Å². The van der Waals surface area contributed by atoms with Crippen LogP contribution in [0.15, 0.2) is 22.7 Å². The van der Waals surface area contributed by atoms with Gasteiger partial charge < -0.3 is 5.32 Å². The standard InChI is InChI=1S/C10H4BrF5N2O/c11-6-1-2-7(5(3-6)4-17)18-8(19)9(12,13)10(14,15)16/h1-3H,(H,18,19). The zero-order valence-electron chi connectivity index (χ0n) is 8.86. The molecule has 0 unspecified atom stereocenters. The van der Waals surface area contributed by atoms with E-state index in [0.717, 1.165) is 6.07 Å². The van der Waals surface area contributed by atoms with Crippen molar-refractivity contribution in [1.82, 2.24) is 0 Å². The van der Waals surface area contributed by atoms with E-state index in [0.29, 0.717) is 4.47 Å². The third-order valence-corrected chi connectivity index (χ3v) is 2.48. The lowest BCUT2D eigenvalue weighted by molar-refractivity contribution is -0.267. The van der Waals surface area contributed by atoms with Crippen LogP contribution >= 0.6 is 15.9 Å². The second kappa shape index (κ2) is 5.13. The average Bonchev–Trinajstić information content (AvgIpc) is 2.29. The van der Waals surface area contributed by atoms with Gasteiger partial charge in [-0.15, -0.1) is 0 Å². The molecule has 19 heavy (non-hydrogen) atoms. The predicted molar refractivity (Wildman–Crippen MR) is 58.5 cm³/mol. The molecule has 0 aromatic heterocycles. The normalized spacial score (nSPS) is 11.8. The van der Waals surface area contributed by atoms with E-state index in [4.69, 9.17) is 5.26 Å². The first kappa shape index (κ1) is 15.4. The van der Waals surface area contributed by atoms with Crippen molar-refractivity contribution in [3.05, 3.63) is 28.2 Å². The van der Waals surface area contributed by atoms with E-state index < -0.39 is 23.7 Å². The fourth-order valence-electron chi connectivity index (χ4n) is 1.05. The minimum atomic E-state index is -6.00. The number of alkyl halides is 5. The van der Waals surface area contributed by atoms with Gasteiger partial charge in [0.15, 0.2) is 0 Å². The first-order chi connectivity index (χ1) is 8.59. The molecule has 9 heteroatoms. The summed E-state index contributed by atoms with van der Waals surface area (Å²) < 4.78 is 61.6. The quantitative estimate of drug-likeness (QED) is 0.837. The third-order valence-electron chi connectivity index (χ3n) is 1.99. The van der Waals surface area contributed by atoms with Crippen LogP contribution in [0.2, 0.25) is 0 Å². The van der Waals surface area contributed by atoms with Gasteiger partial charge >= 0.3 is 18.0 Å². The van der Waals surface area contributed by atoms with E-state index in [1.807, 2.05) is 0 Å². The second-order valence-electron chi connectivity index (χ2n) is 3.33. The molecule has 1 amide bonds. The number of carbonyl (C=O) groups is 1. The minimum Gasteiger partial charge on any atom is -0.319 e. The molecule has 0 saturated carbocycles. The van der Waals surface area contributed by atoms with Gasteiger partial charge in [-0.1, -0.05) is 15.9 Å². The smallest absolute Gasteiger partial charge is 0.319 e. The molecule has 1 aromatic carbocycles. The van der Waals surface area contributed by atoms with Crippen LogP contribution in [0.4, 0.5) is 27.6 Å². The number of halogens is 6. The molecule has 0 radical (unpaired) electrons. The maximum absolute atomic E-state index is 12.7. The van der Waals surface area contributed by atoms with Crippen molar-refractivity contribution in [2.75, 3.05) is 5.32 Å². The molecule has 102 valence electrons. The zero-order chi connectivity index (χ0) is 14.8. The van der Waals surface area contributed by atoms with Crippen LogP contribution in [0.5, 0.6) is 0 Å². The summed E-state index contributed by atoms with van der Waals surface area (Å²) in [4.78, 5) is 10.9. The molecule has 0 aliphatic heterocycles. The molecular weight excluding hydrogens is 339 g/mol. The Bertz CT molecular complexity index is 550. The molecular formula is C10H4BrF5N2O. The molecule has 1 aromatic rings. The number of nitrogens with zero attached hydrogens (tertiary/aromatic N) is 1. The van der Waals surface area contributed by atoms with Gasteiger partial charge in [-0.3, -0.25) is 4.79 Å². The Morgan fingerprint density at radius 2 is 1.84 bits per heavy atom. The van der Waals surface area contributed by atoms with Crippen LogP contribution < -0.4 is 5.32 Å². The van der Waals surface area contributed by atoms with Crippen LogP contribution in [-0.4, -0.2) is 18.0 Å². The lowest BCUT2D eigenvalue weighted by Gasteiger charge is -2.19. The number of nitriles is 1. The molecule has 0 aliphatic carbocycles. The van der Waals surface area contributed by atoms with Gasteiger partial charge in [0.05, 0.1) is 11.3 Å². The highest BCUT2D eigenvalue weighted by atomic mass is 79.9. The van der Waals surface area contributed by atoms with E-state index in [9.17, 15) is 26.7 Å². The molecule has 0 bridgehead atoms. The lowest BCUT2D eigenvalue weighted by Crippen LogP contribution is -2.47. The highest BCUT2D eigenvalue weighted by Crippen LogP contribution is 2.36. The molecule has 0 heterocycles. The van der Waals surface area contributed by atoms with Gasteiger partial charge in [0.25, 0.3) is 0 Å². The molecule has 0 saturated heterocycles. The summed E-state index contributed by atoms with van der Waals surface area (Å²) in [5.41, 5.74) is -0.680. The Morgan fingerprint density at radius 3 is 2.32 bits per heavy atom. The van der Waals surface area contributed by atoms with E-state index in [2.05, 4.69) is 15.9 Å². The highest BCUT2D eigenvalue weighted by molar-refractivity contribution is 9.10. The summed E-state index contributed by atoms with van der Waals surface area (Å²) in [5, 5.41) is 10.1. The van der Waals surface area contributed by atoms with Crippen LogP contribution in [0.3, 0.4) is 0 Å². The monoisotopic (exact) mass is 342 g/mol. The Morgan fingerprint density at radius 1 is 1.26 bits per heavy atom. The molecule has 1 N–H and O–H groups in total. The first-order valence-electron chi connectivity index (χ1n) is 4.55. The Kier molecular flexibility index (Phi) is 4.15. The fraction of sp³-hybridized carbons (Fsp3) is 0.200. The van der Waals surface area contributed by atoms with E-state index in [1.54, 1.807) is 6.07 Å². The van der Waals surface area contributed by atoms with Crippen molar-refractivity contribution < 1.29 is 26.7 Å². The maximum Gasteiger partial charge on any atom is 0.463 e. The van der Waals surface area contributed by atoms with E-state index >= 15 is 0 Å². The topological polar surface area (TPSA) is 52.9 Å². The van der Waals surface area contributed by atoms with Gasteiger partial charge in [0.2, 0.25) is 0 Å². The summed E-state index contributed by atoms with van der Waals surface area (Å²) in [5.74, 6) is -8.08. The van der Waals surface area contributed by atoms with Crippen LogP contribution in [0, 0.1) is 11.3 Å². The Hall–Kier alpha value is -1.69. The van der Waals surface area contributed by atoms with E-state index in [-0.39, 0.29) is 5.56 Å². The SMILES string of the molecule is N#Cc1cc(Br)ccc1NC(=O)C(F)(F)C(F)(F)F. The number of rotatable bonds is 2. The maximum atomic E-state index is 12.7. The van der Waals surface area contributed by atoms with E-state index in [1.165, 1.54) is 17.4 Å². The number of carbonyl (C=O) groups excluding carboxylic acids is 1. The number of anilines is 1. The minimum absolute atomic E-state index is 0.249. The van der Waals surface area contributed by atoms with Gasteiger partial charge in [0, 0.05) is 4.47 Å². The van der Waals surface area contributed by atoms with Gasteiger partial charge in [0.1, 0.15) is 6.07 Å². The summed E-state index contributed by atoms with van der Waals surface area (Å²) in [6.45, 7) is 0. The zero-order valence-corrected chi connectivity index (χ0v) is 10.4. The van der Waals surface area contributed by atoms with Crippen molar-refractivity contribution in [1.29, 1.82) is 5.26 Å². The lowest BCUT2D eigenvalue weighted by atomic mass is 10.2. The number of nitrogens with one attached hydrogen (secondary N) is 1. The predicted octanol–water partition coefficient (Wildman–Crippen LogP) is 3.46. The van der Waals surface area contributed by atoms with Gasteiger partial charge in [-0.05, 0) is 18.2 Å². The molecule has 3 nitrogen and oxygen atoms in total. The average molecular weight is 343 g/mol. The third kappa shape index (κ3) is 3.20. The Labute approximate surface area is 112 Å².